The zero-order valence-corrected chi connectivity index (χ0v) is 12.6. The minimum atomic E-state index is -0.681. The Labute approximate surface area is 121 Å². The first-order valence-electron chi connectivity index (χ1n) is 8.41. The molecule has 2 N–H and O–H groups in total. The van der Waals surface area contributed by atoms with E-state index in [1.54, 1.807) is 0 Å². The Morgan fingerprint density at radius 3 is 2.30 bits per heavy atom. The van der Waals surface area contributed by atoms with Crippen molar-refractivity contribution < 1.29 is 9.90 Å². The van der Waals surface area contributed by atoms with Crippen molar-refractivity contribution in [2.45, 2.75) is 75.9 Å². The normalized spacial score (nSPS) is 26.9. The Balaban J connectivity index is 1.74. The molecule has 3 aliphatic carbocycles. The molecular weight excluding hydrogens is 252 g/mol. The molecule has 0 heterocycles. The van der Waals surface area contributed by atoms with Crippen LogP contribution in [0.5, 0.6) is 0 Å². The van der Waals surface area contributed by atoms with Gasteiger partial charge in [-0.25, -0.2) is 0 Å². The number of carboxylic acids is 1. The number of hydrogen-bond acceptors (Lipinski definition) is 3. The van der Waals surface area contributed by atoms with Crippen LogP contribution in [0.25, 0.3) is 0 Å². The summed E-state index contributed by atoms with van der Waals surface area (Å²) in [5.41, 5.74) is -0.681. The number of carboxylic acid groups (broad SMARTS) is 1. The van der Waals surface area contributed by atoms with Crippen LogP contribution in [-0.2, 0) is 4.79 Å². The highest BCUT2D eigenvalue weighted by Crippen LogP contribution is 2.43. The highest BCUT2D eigenvalue weighted by Gasteiger charge is 2.54. The summed E-state index contributed by atoms with van der Waals surface area (Å²) < 4.78 is 0. The number of rotatable bonds is 8. The van der Waals surface area contributed by atoms with E-state index in [1.165, 1.54) is 25.7 Å². The molecule has 0 aliphatic heterocycles. The second-order valence-electron chi connectivity index (χ2n) is 6.97. The topological polar surface area (TPSA) is 52.6 Å². The summed E-state index contributed by atoms with van der Waals surface area (Å²) in [6, 6.07) is 1.06. The zero-order chi connectivity index (χ0) is 14.2. The van der Waals surface area contributed by atoms with Crippen LogP contribution in [0.3, 0.4) is 0 Å². The Morgan fingerprint density at radius 2 is 1.85 bits per heavy atom. The molecule has 0 amide bonds. The van der Waals surface area contributed by atoms with Gasteiger partial charge in [0.2, 0.25) is 0 Å². The fourth-order valence-electron chi connectivity index (χ4n) is 3.85. The molecule has 0 aromatic heterocycles. The zero-order valence-electron chi connectivity index (χ0n) is 12.6. The van der Waals surface area contributed by atoms with Gasteiger partial charge in [-0.05, 0) is 51.0 Å². The number of nitrogens with zero attached hydrogens (tertiary/aromatic N) is 1. The van der Waals surface area contributed by atoms with E-state index in [4.69, 9.17) is 0 Å². The molecule has 3 fully saturated rings. The third-order valence-corrected chi connectivity index (χ3v) is 5.39. The lowest BCUT2D eigenvalue weighted by molar-refractivity contribution is -0.147. The van der Waals surface area contributed by atoms with Gasteiger partial charge in [0.05, 0.1) is 0 Å². The first-order chi connectivity index (χ1) is 9.65. The van der Waals surface area contributed by atoms with Gasteiger partial charge in [-0.2, -0.15) is 0 Å². The monoisotopic (exact) mass is 280 g/mol. The molecule has 3 aliphatic rings. The van der Waals surface area contributed by atoms with E-state index in [9.17, 15) is 9.90 Å². The molecule has 3 rings (SSSR count). The maximum Gasteiger partial charge on any atom is 0.325 e. The standard InChI is InChI=1S/C16H28N2O2/c1-2-18(14-5-3-4-6-14)11-16(15(19)20,12-7-8-12)17-13-9-10-13/h12-14,17H,2-11H2,1H3,(H,19,20). The maximum absolute atomic E-state index is 12.0. The number of nitrogens with one attached hydrogen (secondary N) is 1. The Hall–Kier alpha value is -0.610. The summed E-state index contributed by atoms with van der Waals surface area (Å²) in [7, 11) is 0. The van der Waals surface area contributed by atoms with E-state index in [2.05, 4.69) is 17.1 Å². The van der Waals surface area contributed by atoms with Crippen LogP contribution in [0.15, 0.2) is 0 Å². The molecule has 3 saturated carbocycles. The van der Waals surface area contributed by atoms with Crippen molar-refractivity contribution in [1.29, 1.82) is 0 Å². The van der Waals surface area contributed by atoms with Crippen LogP contribution < -0.4 is 5.32 Å². The van der Waals surface area contributed by atoms with Crippen molar-refractivity contribution >= 4 is 5.97 Å². The lowest BCUT2D eigenvalue weighted by Gasteiger charge is -2.38. The minimum Gasteiger partial charge on any atom is -0.480 e. The van der Waals surface area contributed by atoms with Gasteiger partial charge in [-0.3, -0.25) is 15.0 Å². The number of carbonyl (C=O) groups is 1. The van der Waals surface area contributed by atoms with Gasteiger partial charge in [0.15, 0.2) is 0 Å². The summed E-state index contributed by atoms with van der Waals surface area (Å²) in [5, 5.41) is 13.4. The molecule has 4 heteroatoms. The number of aliphatic carboxylic acids is 1. The average Bonchev–Trinajstić information content (AvgIpc) is 3.35. The van der Waals surface area contributed by atoms with Gasteiger partial charge in [0.1, 0.15) is 5.54 Å². The lowest BCUT2D eigenvalue weighted by Crippen LogP contribution is -2.62. The second-order valence-corrected chi connectivity index (χ2v) is 6.97. The Bertz CT molecular complexity index is 359. The van der Waals surface area contributed by atoms with Crippen molar-refractivity contribution in [2.75, 3.05) is 13.1 Å². The highest BCUT2D eigenvalue weighted by atomic mass is 16.4. The van der Waals surface area contributed by atoms with Gasteiger partial charge >= 0.3 is 5.97 Å². The summed E-state index contributed by atoms with van der Waals surface area (Å²) in [6.07, 6.45) is 9.56. The smallest absolute Gasteiger partial charge is 0.325 e. The molecule has 0 aromatic carbocycles. The predicted molar refractivity (Wildman–Crippen MR) is 78.8 cm³/mol. The third-order valence-electron chi connectivity index (χ3n) is 5.39. The number of likely N-dealkylation sites (N-methyl/N-ethyl adjacent to an activating group) is 1. The van der Waals surface area contributed by atoms with Crippen molar-refractivity contribution in [3.05, 3.63) is 0 Å². The fraction of sp³-hybridized carbons (Fsp3) is 0.938. The lowest BCUT2D eigenvalue weighted by atomic mass is 9.91. The third kappa shape index (κ3) is 2.86. The van der Waals surface area contributed by atoms with Crippen LogP contribution in [0.4, 0.5) is 0 Å². The minimum absolute atomic E-state index is 0.344. The van der Waals surface area contributed by atoms with Gasteiger partial charge in [-0.1, -0.05) is 19.8 Å². The second kappa shape index (κ2) is 5.64. The van der Waals surface area contributed by atoms with E-state index in [1.807, 2.05) is 0 Å². The van der Waals surface area contributed by atoms with Crippen LogP contribution in [-0.4, -0.2) is 46.7 Å². The van der Waals surface area contributed by atoms with Gasteiger partial charge in [0, 0.05) is 18.6 Å². The maximum atomic E-state index is 12.0. The molecule has 0 spiro atoms. The van der Waals surface area contributed by atoms with Crippen LogP contribution >= 0.6 is 0 Å². The summed E-state index contributed by atoms with van der Waals surface area (Å²) in [5.74, 6) is -0.278. The summed E-state index contributed by atoms with van der Waals surface area (Å²) >= 11 is 0. The predicted octanol–water partition coefficient (Wildman–Crippen LogP) is 2.24. The first-order valence-corrected chi connectivity index (χ1v) is 8.41. The molecule has 114 valence electrons. The molecule has 0 radical (unpaired) electrons. The van der Waals surface area contributed by atoms with Crippen molar-refractivity contribution in [2.24, 2.45) is 5.92 Å². The SMILES string of the molecule is CCN(CC(NC1CC1)(C(=O)O)C1CC1)C1CCCC1. The van der Waals surface area contributed by atoms with E-state index in [0.717, 1.165) is 32.2 Å². The van der Waals surface area contributed by atoms with E-state index in [0.29, 0.717) is 24.5 Å². The summed E-state index contributed by atoms with van der Waals surface area (Å²) in [4.78, 5) is 14.5. The van der Waals surface area contributed by atoms with Crippen molar-refractivity contribution in [3.63, 3.8) is 0 Å². The van der Waals surface area contributed by atoms with E-state index < -0.39 is 11.5 Å². The quantitative estimate of drug-likeness (QED) is 0.716. The Kier molecular flexibility index (Phi) is 4.04. The molecule has 1 atom stereocenters. The average molecular weight is 280 g/mol. The molecule has 0 bridgehead atoms. The molecule has 4 nitrogen and oxygen atoms in total. The molecule has 20 heavy (non-hydrogen) atoms. The van der Waals surface area contributed by atoms with Crippen molar-refractivity contribution in [1.82, 2.24) is 10.2 Å². The molecule has 1 unspecified atom stereocenters. The molecular formula is C16H28N2O2. The van der Waals surface area contributed by atoms with E-state index in [-0.39, 0.29) is 0 Å². The largest absolute Gasteiger partial charge is 0.480 e. The molecule has 0 saturated heterocycles. The van der Waals surface area contributed by atoms with Gasteiger partial charge < -0.3 is 5.11 Å². The van der Waals surface area contributed by atoms with Gasteiger partial charge in [0.25, 0.3) is 0 Å². The first kappa shape index (κ1) is 14.3. The van der Waals surface area contributed by atoms with E-state index >= 15 is 0 Å². The summed E-state index contributed by atoms with van der Waals surface area (Å²) in [6.45, 7) is 3.85. The van der Waals surface area contributed by atoms with Crippen LogP contribution in [0, 0.1) is 5.92 Å². The fourth-order valence-corrected chi connectivity index (χ4v) is 3.85. The Morgan fingerprint density at radius 1 is 1.20 bits per heavy atom. The highest BCUT2D eigenvalue weighted by molar-refractivity contribution is 5.80. The molecule has 0 aromatic rings. The van der Waals surface area contributed by atoms with Gasteiger partial charge in [-0.15, -0.1) is 0 Å². The van der Waals surface area contributed by atoms with Crippen LogP contribution in [0.2, 0.25) is 0 Å². The van der Waals surface area contributed by atoms with Crippen LogP contribution in [0.1, 0.15) is 58.3 Å². The number of hydrogen-bond donors (Lipinski definition) is 2. The van der Waals surface area contributed by atoms with Crippen molar-refractivity contribution in [3.8, 4) is 0 Å².